The first-order valence-corrected chi connectivity index (χ1v) is 6.28. The molecule has 0 saturated carbocycles. The van der Waals surface area contributed by atoms with Crippen LogP contribution < -0.4 is 5.73 Å². The predicted octanol–water partition coefficient (Wildman–Crippen LogP) is 2.48. The van der Waals surface area contributed by atoms with E-state index in [4.69, 9.17) is 17.3 Å². The van der Waals surface area contributed by atoms with Gasteiger partial charge in [-0.15, -0.1) is 0 Å². The monoisotopic (exact) mass is 264 g/mol. The van der Waals surface area contributed by atoms with Gasteiger partial charge in [0.2, 0.25) is 0 Å². The highest BCUT2D eigenvalue weighted by Gasteiger charge is 2.23. The zero-order valence-electron chi connectivity index (χ0n) is 10.8. The molecule has 0 fully saturated rings. The second-order valence-corrected chi connectivity index (χ2v) is 4.87. The van der Waals surface area contributed by atoms with Gasteiger partial charge in [-0.1, -0.05) is 17.7 Å². The summed E-state index contributed by atoms with van der Waals surface area (Å²) in [6.45, 7) is 5.78. The predicted molar refractivity (Wildman–Crippen MR) is 72.7 cm³/mol. The van der Waals surface area contributed by atoms with E-state index in [1.165, 1.54) is 0 Å². The molecule has 0 aromatic carbocycles. The molecule has 0 aliphatic heterocycles. The van der Waals surface area contributed by atoms with Gasteiger partial charge < -0.3 is 5.73 Å². The zero-order chi connectivity index (χ0) is 13.3. The number of nitrogens with two attached hydrogens (primary N) is 1. The van der Waals surface area contributed by atoms with Crippen molar-refractivity contribution in [2.24, 2.45) is 5.73 Å². The van der Waals surface area contributed by atoms with Crippen molar-refractivity contribution in [3.63, 3.8) is 0 Å². The third kappa shape index (κ3) is 2.26. The molecule has 2 atom stereocenters. The van der Waals surface area contributed by atoms with Crippen molar-refractivity contribution < 1.29 is 0 Å². The van der Waals surface area contributed by atoms with Crippen LogP contribution in [0.3, 0.4) is 0 Å². The third-order valence-electron chi connectivity index (χ3n) is 2.99. The second-order valence-electron chi connectivity index (χ2n) is 4.49. The quantitative estimate of drug-likeness (QED) is 0.927. The molecular formula is C13H17ClN4. The second kappa shape index (κ2) is 5.08. The van der Waals surface area contributed by atoms with Crippen molar-refractivity contribution >= 4 is 11.6 Å². The molecule has 2 N–H and O–H groups in total. The topological polar surface area (TPSA) is 56.7 Å². The molecule has 0 spiro atoms. The Morgan fingerprint density at radius 2 is 2.06 bits per heavy atom. The Morgan fingerprint density at radius 3 is 2.50 bits per heavy atom. The lowest BCUT2D eigenvalue weighted by molar-refractivity contribution is 0.434. The summed E-state index contributed by atoms with van der Waals surface area (Å²) in [5.41, 5.74) is 8.72. The van der Waals surface area contributed by atoms with Crippen molar-refractivity contribution in [2.45, 2.75) is 32.9 Å². The molecule has 0 aliphatic rings. The molecule has 0 amide bonds. The van der Waals surface area contributed by atoms with E-state index >= 15 is 0 Å². The Labute approximate surface area is 112 Å². The smallest absolute Gasteiger partial charge is 0.109 e. The molecule has 5 heteroatoms. The normalized spacial score (nSPS) is 14.5. The first-order valence-electron chi connectivity index (χ1n) is 5.90. The number of hydrogen-bond acceptors (Lipinski definition) is 3. The molecule has 0 bridgehead atoms. The number of hydrogen-bond donors (Lipinski definition) is 1. The summed E-state index contributed by atoms with van der Waals surface area (Å²) in [7, 11) is 0. The van der Waals surface area contributed by atoms with Crippen LogP contribution >= 0.6 is 11.6 Å². The van der Waals surface area contributed by atoms with Gasteiger partial charge in [0.1, 0.15) is 6.04 Å². The minimum Gasteiger partial charge on any atom is -0.326 e. The maximum Gasteiger partial charge on any atom is 0.109 e. The van der Waals surface area contributed by atoms with Gasteiger partial charge in [0.15, 0.2) is 0 Å². The maximum atomic E-state index is 6.19. The van der Waals surface area contributed by atoms with Gasteiger partial charge in [-0.25, -0.2) is 0 Å². The summed E-state index contributed by atoms with van der Waals surface area (Å²) < 4.78 is 1.87. The Morgan fingerprint density at radius 1 is 1.33 bits per heavy atom. The summed E-state index contributed by atoms with van der Waals surface area (Å²) in [4.78, 5) is 4.37. The molecule has 18 heavy (non-hydrogen) atoms. The van der Waals surface area contributed by atoms with E-state index in [1.807, 2.05) is 43.7 Å². The zero-order valence-corrected chi connectivity index (χ0v) is 11.5. The highest BCUT2D eigenvalue weighted by molar-refractivity contribution is 6.31. The van der Waals surface area contributed by atoms with Gasteiger partial charge in [-0.2, -0.15) is 5.10 Å². The number of rotatable bonds is 3. The largest absolute Gasteiger partial charge is 0.326 e. The van der Waals surface area contributed by atoms with E-state index < -0.39 is 0 Å². The first-order chi connectivity index (χ1) is 8.52. The summed E-state index contributed by atoms with van der Waals surface area (Å²) >= 11 is 6.19. The van der Waals surface area contributed by atoms with Crippen molar-refractivity contribution in [3.8, 4) is 0 Å². The molecule has 0 saturated heterocycles. The molecule has 0 aliphatic carbocycles. The van der Waals surface area contributed by atoms with E-state index in [0.717, 1.165) is 17.1 Å². The van der Waals surface area contributed by atoms with E-state index in [9.17, 15) is 0 Å². The average molecular weight is 265 g/mol. The molecule has 2 aromatic rings. The molecule has 96 valence electrons. The third-order valence-corrected chi connectivity index (χ3v) is 3.54. The summed E-state index contributed by atoms with van der Waals surface area (Å²) in [5, 5.41) is 5.16. The average Bonchev–Trinajstić information content (AvgIpc) is 2.59. The highest BCUT2D eigenvalue weighted by atomic mass is 35.5. The van der Waals surface area contributed by atoms with Crippen LogP contribution in [0.1, 0.15) is 30.0 Å². The molecule has 2 aromatic heterocycles. The fourth-order valence-corrected chi connectivity index (χ4v) is 2.21. The number of aryl methyl sites for hydroxylation is 1. The van der Waals surface area contributed by atoms with Gasteiger partial charge in [0, 0.05) is 12.2 Å². The molecule has 4 nitrogen and oxygen atoms in total. The minimum atomic E-state index is -0.103. The summed E-state index contributed by atoms with van der Waals surface area (Å²) in [6.07, 6.45) is 1.76. The first kappa shape index (κ1) is 13.1. The van der Waals surface area contributed by atoms with E-state index in [-0.39, 0.29) is 12.1 Å². The Hall–Kier alpha value is -1.39. The van der Waals surface area contributed by atoms with E-state index in [1.54, 1.807) is 6.20 Å². The highest BCUT2D eigenvalue weighted by Crippen LogP contribution is 2.26. The summed E-state index contributed by atoms with van der Waals surface area (Å²) in [6, 6.07) is 5.59. The van der Waals surface area contributed by atoms with Gasteiger partial charge in [-0.3, -0.25) is 9.67 Å². The SMILES string of the molecule is Cc1nn(C(c2ccccn2)C(C)N)c(C)c1Cl. The fourth-order valence-electron chi connectivity index (χ4n) is 2.08. The van der Waals surface area contributed by atoms with Crippen LogP contribution in [0.4, 0.5) is 0 Å². The number of pyridine rings is 1. The van der Waals surface area contributed by atoms with Crippen molar-refractivity contribution in [3.05, 3.63) is 46.5 Å². The van der Waals surface area contributed by atoms with Crippen LogP contribution in [-0.2, 0) is 0 Å². The molecule has 2 heterocycles. The van der Waals surface area contributed by atoms with Crippen LogP contribution in [-0.4, -0.2) is 20.8 Å². The molecular weight excluding hydrogens is 248 g/mol. The molecule has 2 unspecified atom stereocenters. The lowest BCUT2D eigenvalue weighted by Crippen LogP contribution is -2.32. The maximum absolute atomic E-state index is 6.19. The summed E-state index contributed by atoms with van der Waals surface area (Å²) in [5.74, 6) is 0. The Balaban J connectivity index is 2.52. The number of nitrogens with zero attached hydrogens (tertiary/aromatic N) is 3. The van der Waals surface area contributed by atoms with Crippen LogP contribution in [0.5, 0.6) is 0 Å². The van der Waals surface area contributed by atoms with Crippen LogP contribution in [0.15, 0.2) is 24.4 Å². The van der Waals surface area contributed by atoms with Gasteiger partial charge in [0.05, 0.1) is 22.1 Å². The standard InChI is InChI=1S/C13H17ClN4/c1-8(15)13(11-6-4-5-7-16-11)18-10(3)12(14)9(2)17-18/h4-8,13H,15H2,1-3H3. The van der Waals surface area contributed by atoms with Crippen LogP contribution in [0, 0.1) is 13.8 Å². The van der Waals surface area contributed by atoms with Crippen LogP contribution in [0.25, 0.3) is 0 Å². The lowest BCUT2D eigenvalue weighted by atomic mass is 10.1. The fraction of sp³-hybridized carbons (Fsp3) is 0.385. The van der Waals surface area contributed by atoms with Crippen molar-refractivity contribution in [1.82, 2.24) is 14.8 Å². The van der Waals surface area contributed by atoms with Gasteiger partial charge >= 0.3 is 0 Å². The van der Waals surface area contributed by atoms with E-state index in [0.29, 0.717) is 5.02 Å². The number of aromatic nitrogens is 3. The van der Waals surface area contributed by atoms with Crippen molar-refractivity contribution in [1.29, 1.82) is 0 Å². The molecule has 0 radical (unpaired) electrons. The van der Waals surface area contributed by atoms with Gasteiger partial charge in [-0.05, 0) is 32.9 Å². The van der Waals surface area contributed by atoms with Gasteiger partial charge in [0.25, 0.3) is 0 Å². The Kier molecular flexibility index (Phi) is 3.68. The van der Waals surface area contributed by atoms with Crippen LogP contribution in [0.2, 0.25) is 5.02 Å². The lowest BCUT2D eigenvalue weighted by Gasteiger charge is -2.22. The molecule has 2 rings (SSSR count). The van der Waals surface area contributed by atoms with E-state index in [2.05, 4.69) is 10.1 Å². The minimum absolute atomic E-state index is 0.0996. The van der Waals surface area contributed by atoms with Crippen molar-refractivity contribution in [2.75, 3.05) is 0 Å². The number of halogens is 1. The Bertz CT molecular complexity index is 533.